The smallest absolute Gasteiger partial charge is 0.191 e. The SMILES string of the molecule is Fc1cc(CBr)cc(F)n1. The first-order valence-corrected chi connectivity index (χ1v) is 3.72. The molecular formula is C6H4BrF2N. The number of halogens is 3. The number of nitrogens with zero attached hydrogens (tertiary/aromatic N) is 1. The molecule has 0 spiro atoms. The van der Waals surface area contributed by atoms with Gasteiger partial charge in [0.05, 0.1) is 0 Å². The molecule has 0 unspecified atom stereocenters. The Hall–Kier alpha value is -0.510. The van der Waals surface area contributed by atoms with Crippen molar-refractivity contribution in [1.82, 2.24) is 4.98 Å². The van der Waals surface area contributed by atoms with Crippen LogP contribution in [-0.4, -0.2) is 4.98 Å². The molecule has 0 radical (unpaired) electrons. The van der Waals surface area contributed by atoms with E-state index in [1.807, 2.05) is 0 Å². The monoisotopic (exact) mass is 207 g/mol. The van der Waals surface area contributed by atoms with Crippen LogP contribution in [0.4, 0.5) is 8.78 Å². The van der Waals surface area contributed by atoms with Crippen molar-refractivity contribution in [2.45, 2.75) is 5.33 Å². The Morgan fingerprint density at radius 3 is 2.20 bits per heavy atom. The van der Waals surface area contributed by atoms with Gasteiger partial charge in [0.2, 0.25) is 11.9 Å². The molecule has 54 valence electrons. The lowest BCUT2D eigenvalue weighted by Crippen LogP contribution is -1.90. The molecule has 0 amide bonds. The molecule has 1 nitrogen and oxygen atoms in total. The average molecular weight is 208 g/mol. The highest BCUT2D eigenvalue weighted by Crippen LogP contribution is 2.07. The van der Waals surface area contributed by atoms with Crippen LogP contribution in [0, 0.1) is 11.9 Å². The summed E-state index contributed by atoms with van der Waals surface area (Å²) in [5.74, 6) is -1.57. The summed E-state index contributed by atoms with van der Waals surface area (Å²) >= 11 is 3.06. The first kappa shape index (κ1) is 7.60. The lowest BCUT2D eigenvalue weighted by molar-refractivity contribution is 0.511. The molecule has 1 heterocycles. The molecule has 0 saturated heterocycles. The van der Waals surface area contributed by atoms with E-state index in [0.717, 1.165) is 0 Å². The average Bonchev–Trinajstić information content (AvgIpc) is 1.85. The van der Waals surface area contributed by atoms with E-state index in [4.69, 9.17) is 0 Å². The van der Waals surface area contributed by atoms with E-state index in [2.05, 4.69) is 20.9 Å². The van der Waals surface area contributed by atoms with Crippen molar-refractivity contribution in [1.29, 1.82) is 0 Å². The van der Waals surface area contributed by atoms with Gasteiger partial charge >= 0.3 is 0 Å². The summed E-state index contributed by atoms with van der Waals surface area (Å²) in [6.07, 6.45) is 0. The van der Waals surface area contributed by atoms with E-state index < -0.39 is 11.9 Å². The van der Waals surface area contributed by atoms with Crippen LogP contribution in [0.3, 0.4) is 0 Å². The predicted molar refractivity (Wildman–Crippen MR) is 36.8 cm³/mol. The molecule has 1 aromatic rings. The van der Waals surface area contributed by atoms with Crippen molar-refractivity contribution >= 4 is 15.9 Å². The Morgan fingerprint density at radius 2 is 1.80 bits per heavy atom. The molecule has 10 heavy (non-hydrogen) atoms. The maximum Gasteiger partial charge on any atom is 0.215 e. The van der Waals surface area contributed by atoms with Gasteiger partial charge in [-0.15, -0.1) is 0 Å². The van der Waals surface area contributed by atoms with Gasteiger partial charge in [0, 0.05) is 5.33 Å². The van der Waals surface area contributed by atoms with Crippen LogP contribution >= 0.6 is 15.9 Å². The van der Waals surface area contributed by atoms with Crippen LogP contribution in [0.25, 0.3) is 0 Å². The summed E-state index contributed by atoms with van der Waals surface area (Å²) in [6, 6.07) is 2.36. The standard InChI is InChI=1S/C6H4BrF2N/c7-3-4-1-5(8)10-6(9)2-4/h1-2H,3H2. The van der Waals surface area contributed by atoms with Crippen LogP contribution in [0.2, 0.25) is 0 Å². The zero-order chi connectivity index (χ0) is 7.56. The maximum atomic E-state index is 12.2. The maximum absolute atomic E-state index is 12.2. The van der Waals surface area contributed by atoms with Crippen molar-refractivity contribution in [3.05, 3.63) is 29.6 Å². The first-order valence-electron chi connectivity index (χ1n) is 2.60. The third kappa shape index (κ3) is 1.73. The number of aromatic nitrogens is 1. The molecule has 0 saturated carbocycles. The van der Waals surface area contributed by atoms with E-state index >= 15 is 0 Å². The van der Waals surface area contributed by atoms with Gasteiger partial charge in [-0.05, 0) is 17.7 Å². The molecule has 0 fully saturated rings. The molecule has 0 aromatic carbocycles. The zero-order valence-electron chi connectivity index (χ0n) is 4.94. The second kappa shape index (κ2) is 3.05. The van der Waals surface area contributed by atoms with Crippen LogP contribution in [0.15, 0.2) is 12.1 Å². The Balaban J connectivity index is 3.06. The van der Waals surface area contributed by atoms with Crippen molar-refractivity contribution in [3.8, 4) is 0 Å². The first-order chi connectivity index (χ1) is 4.72. The van der Waals surface area contributed by atoms with Crippen molar-refractivity contribution < 1.29 is 8.78 Å². The van der Waals surface area contributed by atoms with Crippen LogP contribution in [-0.2, 0) is 5.33 Å². The van der Waals surface area contributed by atoms with Gasteiger partial charge in [-0.25, -0.2) is 0 Å². The van der Waals surface area contributed by atoms with E-state index in [-0.39, 0.29) is 0 Å². The Morgan fingerprint density at radius 1 is 1.30 bits per heavy atom. The van der Waals surface area contributed by atoms with Gasteiger partial charge in [0.25, 0.3) is 0 Å². The second-order valence-corrected chi connectivity index (χ2v) is 2.32. The van der Waals surface area contributed by atoms with Gasteiger partial charge in [0.1, 0.15) is 0 Å². The third-order valence-corrected chi connectivity index (χ3v) is 1.62. The minimum atomic E-state index is -0.783. The third-order valence-electron chi connectivity index (χ3n) is 0.977. The van der Waals surface area contributed by atoms with Gasteiger partial charge in [0.15, 0.2) is 0 Å². The quantitative estimate of drug-likeness (QED) is 0.509. The number of hydrogen-bond acceptors (Lipinski definition) is 1. The van der Waals surface area contributed by atoms with Crippen molar-refractivity contribution in [2.24, 2.45) is 0 Å². The number of rotatable bonds is 1. The highest BCUT2D eigenvalue weighted by molar-refractivity contribution is 9.08. The highest BCUT2D eigenvalue weighted by atomic mass is 79.9. The summed E-state index contributed by atoms with van der Waals surface area (Å²) in [5.41, 5.74) is 0.546. The van der Waals surface area contributed by atoms with Gasteiger partial charge in [-0.3, -0.25) is 0 Å². The summed E-state index contributed by atoms with van der Waals surface area (Å²) in [5, 5.41) is 0.434. The van der Waals surface area contributed by atoms with Gasteiger partial charge < -0.3 is 0 Å². The highest BCUT2D eigenvalue weighted by Gasteiger charge is 1.98. The number of alkyl halides is 1. The Kier molecular flexibility index (Phi) is 2.32. The molecular weight excluding hydrogens is 204 g/mol. The van der Waals surface area contributed by atoms with Crippen LogP contribution in [0.5, 0.6) is 0 Å². The normalized spacial score (nSPS) is 9.90. The summed E-state index contributed by atoms with van der Waals surface area (Å²) in [4.78, 5) is 2.93. The molecule has 0 atom stereocenters. The number of pyridine rings is 1. The molecule has 0 bridgehead atoms. The van der Waals surface area contributed by atoms with Gasteiger partial charge in [-0.1, -0.05) is 15.9 Å². The molecule has 1 aromatic heterocycles. The van der Waals surface area contributed by atoms with Crippen LogP contribution < -0.4 is 0 Å². The van der Waals surface area contributed by atoms with Crippen molar-refractivity contribution in [2.75, 3.05) is 0 Å². The largest absolute Gasteiger partial charge is 0.215 e. The molecule has 0 aliphatic heterocycles. The molecule has 0 aliphatic carbocycles. The van der Waals surface area contributed by atoms with E-state index in [9.17, 15) is 8.78 Å². The van der Waals surface area contributed by atoms with E-state index in [0.29, 0.717) is 10.9 Å². The molecule has 0 aliphatic rings. The zero-order valence-corrected chi connectivity index (χ0v) is 6.53. The van der Waals surface area contributed by atoms with Crippen molar-refractivity contribution in [3.63, 3.8) is 0 Å². The summed E-state index contributed by atoms with van der Waals surface area (Å²) < 4.78 is 24.5. The number of hydrogen-bond donors (Lipinski definition) is 0. The Bertz CT molecular complexity index is 219. The fourth-order valence-electron chi connectivity index (χ4n) is 0.591. The predicted octanol–water partition coefficient (Wildman–Crippen LogP) is 2.25. The van der Waals surface area contributed by atoms with E-state index in [1.54, 1.807) is 0 Å². The fourth-order valence-corrected chi connectivity index (χ4v) is 0.915. The molecule has 0 N–H and O–H groups in total. The van der Waals surface area contributed by atoms with E-state index in [1.165, 1.54) is 12.1 Å². The lowest BCUT2D eigenvalue weighted by Gasteiger charge is -1.93. The fraction of sp³-hybridized carbons (Fsp3) is 0.167. The topological polar surface area (TPSA) is 12.9 Å². The second-order valence-electron chi connectivity index (χ2n) is 1.75. The lowest BCUT2D eigenvalue weighted by atomic mass is 10.3. The molecule has 4 heteroatoms. The summed E-state index contributed by atoms with van der Waals surface area (Å²) in [6.45, 7) is 0. The van der Waals surface area contributed by atoms with Crippen LogP contribution in [0.1, 0.15) is 5.56 Å². The Labute approximate surface area is 65.2 Å². The van der Waals surface area contributed by atoms with Gasteiger partial charge in [-0.2, -0.15) is 13.8 Å². The molecule has 1 rings (SSSR count). The summed E-state index contributed by atoms with van der Waals surface area (Å²) in [7, 11) is 0. The minimum Gasteiger partial charge on any atom is -0.191 e. The minimum absolute atomic E-state index is 0.434.